The molecule has 0 saturated carbocycles. The summed E-state index contributed by atoms with van der Waals surface area (Å²) in [4.78, 5) is 11.6. The van der Waals surface area contributed by atoms with Gasteiger partial charge in [0.25, 0.3) is 0 Å². The van der Waals surface area contributed by atoms with Crippen LogP contribution in [0.25, 0.3) is 0 Å². The van der Waals surface area contributed by atoms with Gasteiger partial charge in [0, 0.05) is 6.42 Å². The van der Waals surface area contributed by atoms with E-state index in [4.69, 9.17) is 4.74 Å². The van der Waals surface area contributed by atoms with Gasteiger partial charge in [-0.25, -0.2) is 0 Å². The molecular formula is C13H20ClNO3. The van der Waals surface area contributed by atoms with E-state index in [1.807, 2.05) is 32.0 Å². The largest absolute Gasteiger partial charge is 0.482 e. The Hall–Kier alpha value is -1.10. The molecule has 0 aromatic heterocycles. The summed E-state index contributed by atoms with van der Waals surface area (Å²) in [7, 11) is 0. The van der Waals surface area contributed by atoms with Crippen LogP contribution in [0.1, 0.15) is 17.5 Å². The lowest BCUT2D eigenvalue weighted by Crippen LogP contribution is -2.43. The molecule has 1 atom stereocenters. The number of halogens is 1. The van der Waals surface area contributed by atoms with Crippen LogP contribution in [0.3, 0.4) is 0 Å². The molecule has 2 rings (SSSR count). The van der Waals surface area contributed by atoms with E-state index < -0.39 is 0 Å². The fourth-order valence-electron chi connectivity index (χ4n) is 1.85. The molecule has 1 unspecified atom stereocenters. The standard InChI is InChI=1S/C13H17NO2.ClH.H2O/c1-9-4-3-5-12(10(9)2)16-13-6-7-14-8-11(13)15;;/h3-5,13-14H,6-8H2,1-2H3;1H;1H2. The third-order valence-corrected chi connectivity index (χ3v) is 3.07. The van der Waals surface area contributed by atoms with Gasteiger partial charge in [-0.2, -0.15) is 0 Å². The number of hydrogen-bond acceptors (Lipinski definition) is 3. The second kappa shape index (κ2) is 7.36. The summed E-state index contributed by atoms with van der Waals surface area (Å²) in [5, 5.41) is 3.05. The van der Waals surface area contributed by atoms with E-state index in [1.165, 1.54) is 5.56 Å². The highest BCUT2D eigenvalue weighted by atomic mass is 35.5. The van der Waals surface area contributed by atoms with E-state index in [9.17, 15) is 4.79 Å². The van der Waals surface area contributed by atoms with Crippen molar-refractivity contribution in [3.63, 3.8) is 0 Å². The molecule has 4 nitrogen and oxygen atoms in total. The quantitative estimate of drug-likeness (QED) is 0.881. The van der Waals surface area contributed by atoms with Crippen molar-refractivity contribution >= 4 is 18.2 Å². The number of ether oxygens (including phenoxy) is 1. The molecule has 5 heteroatoms. The Kier molecular flexibility index (Phi) is 6.91. The summed E-state index contributed by atoms with van der Waals surface area (Å²) >= 11 is 0. The molecule has 3 N–H and O–H groups in total. The molecule has 1 aromatic rings. The molecule has 18 heavy (non-hydrogen) atoms. The van der Waals surface area contributed by atoms with Crippen LogP contribution in [0.15, 0.2) is 18.2 Å². The molecule has 1 heterocycles. The van der Waals surface area contributed by atoms with Gasteiger partial charge in [0.05, 0.1) is 6.54 Å². The smallest absolute Gasteiger partial charge is 0.187 e. The summed E-state index contributed by atoms with van der Waals surface area (Å²) in [5.74, 6) is 0.979. The summed E-state index contributed by atoms with van der Waals surface area (Å²) in [5.41, 5.74) is 2.31. The third-order valence-electron chi connectivity index (χ3n) is 3.07. The number of hydrogen-bond donors (Lipinski definition) is 1. The number of piperidine rings is 1. The normalized spacial score (nSPS) is 18.6. The van der Waals surface area contributed by atoms with Crippen molar-refractivity contribution in [3.05, 3.63) is 29.3 Å². The topological polar surface area (TPSA) is 69.8 Å². The minimum Gasteiger partial charge on any atom is -0.482 e. The highest BCUT2D eigenvalue weighted by Gasteiger charge is 2.24. The number of aryl methyl sites for hydroxylation is 1. The molecule has 0 aliphatic carbocycles. The molecule has 0 amide bonds. The maximum absolute atomic E-state index is 11.6. The average molecular weight is 274 g/mol. The Morgan fingerprint density at radius 1 is 1.33 bits per heavy atom. The first-order valence-corrected chi connectivity index (χ1v) is 5.65. The number of nitrogens with one attached hydrogen (secondary N) is 1. The van der Waals surface area contributed by atoms with Gasteiger partial charge in [0.15, 0.2) is 11.9 Å². The lowest BCUT2D eigenvalue weighted by molar-refractivity contribution is -0.126. The Morgan fingerprint density at radius 2 is 2.06 bits per heavy atom. The predicted molar refractivity (Wildman–Crippen MR) is 73.7 cm³/mol. The second-order valence-electron chi connectivity index (χ2n) is 4.24. The van der Waals surface area contributed by atoms with Crippen molar-refractivity contribution in [2.75, 3.05) is 13.1 Å². The maximum Gasteiger partial charge on any atom is 0.187 e. The van der Waals surface area contributed by atoms with Crippen LogP contribution < -0.4 is 10.1 Å². The van der Waals surface area contributed by atoms with Gasteiger partial charge in [-0.3, -0.25) is 4.79 Å². The number of carbonyl (C=O) groups is 1. The van der Waals surface area contributed by atoms with Crippen molar-refractivity contribution in [2.24, 2.45) is 0 Å². The first-order valence-electron chi connectivity index (χ1n) is 5.65. The molecule has 1 saturated heterocycles. The molecular weight excluding hydrogens is 254 g/mol. The van der Waals surface area contributed by atoms with Gasteiger partial charge in [-0.05, 0) is 37.6 Å². The molecule has 1 aliphatic heterocycles. The van der Waals surface area contributed by atoms with Crippen LogP contribution in [0.5, 0.6) is 5.75 Å². The molecule has 1 fully saturated rings. The predicted octanol–water partition coefficient (Wildman–Crippen LogP) is 1.21. The molecule has 0 bridgehead atoms. The van der Waals surface area contributed by atoms with Crippen LogP contribution >= 0.6 is 12.4 Å². The van der Waals surface area contributed by atoms with Gasteiger partial charge in [-0.1, -0.05) is 12.1 Å². The van der Waals surface area contributed by atoms with Crippen molar-refractivity contribution in [2.45, 2.75) is 26.4 Å². The number of Topliss-reactive ketones (excluding diaryl/α,β-unsaturated/α-hetero) is 1. The van der Waals surface area contributed by atoms with Crippen LogP contribution in [0.2, 0.25) is 0 Å². The number of rotatable bonds is 2. The van der Waals surface area contributed by atoms with E-state index in [1.54, 1.807) is 0 Å². The van der Waals surface area contributed by atoms with E-state index >= 15 is 0 Å². The van der Waals surface area contributed by atoms with E-state index in [0.29, 0.717) is 6.54 Å². The minimum absolute atomic E-state index is 0. The van der Waals surface area contributed by atoms with Gasteiger partial charge in [-0.15, -0.1) is 12.4 Å². The van der Waals surface area contributed by atoms with Crippen molar-refractivity contribution < 1.29 is 15.0 Å². The average Bonchev–Trinajstić information content (AvgIpc) is 2.28. The zero-order valence-corrected chi connectivity index (χ0v) is 11.5. The van der Waals surface area contributed by atoms with Crippen LogP contribution in [-0.4, -0.2) is 30.5 Å². The number of carbonyl (C=O) groups excluding carboxylic acids is 1. The Bertz CT molecular complexity index is 409. The first kappa shape index (κ1) is 16.9. The minimum atomic E-state index is -0.276. The van der Waals surface area contributed by atoms with Gasteiger partial charge in [0.2, 0.25) is 0 Å². The molecule has 1 aliphatic rings. The van der Waals surface area contributed by atoms with Crippen molar-refractivity contribution in [3.8, 4) is 5.75 Å². The molecule has 0 radical (unpaired) electrons. The fraction of sp³-hybridized carbons (Fsp3) is 0.462. The molecule has 102 valence electrons. The van der Waals surface area contributed by atoms with Crippen LogP contribution in [0.4, 0.5) is 0 Å². The van der Waals surface area contributed by atoms with E-state index in [0.717, 1.165) is 24.3 Å². The van der Waals surface area contributed by atoms with Gasteiger partial charge < -0.3 is 15.5 Å². The highest BCUT2D eigenvalue weighted by Crippen LogP contribution is 2.22. The van der Waals surface area contributed by atoms with Crippen LogP contribution in [0, 0.1) is 13.8 Å². The Labute approximate surface area is 113 Å². The van der Waals surface area contributed by atoms with E-state index in [2.05, 4.69) is 5.32 Å². The summed E-state index contributed by atoms with van der Waals surface area (Å²) < 4.78 is 5.79. The first-order chi connectivity index (χ1) is 7.68. The molecule has 0 spiro atoms. The van der Waals surface area contributed by atoms with E-state index in [-0.39, 0.29) is 29.8 Å². The zero-order chi connectivity index (χ0) is 11.5. The number of benzene rings is 1. The fourth-order valence-corrected chi connectivity index (χ4v) is 1.85. The lowest BCUT2D eigenvalue weighted by Gasteiger charge is -2.23. The zero-order valence-electron chi connectivity index (χ0n) is 10.7. The monoisotopic (exact) mass is 273 g/mol. The second-order valence-corrected chi connectivity index (χ2v) is 4.24. The van der Waals surface area contributed by atoms with Crippen molar-refractivity contribution in [1.82, 2.24) is 5.32 Å². The summed E-state index contributed by atoms with van der Waals surface area (Å²) in [6, 6.07) is 5.94. The van der Waals surface area contributed by atoms with Crippen molar-refractivity contribution in [1.29, 1.82) is 0 Å². The third kappa shape index (κ3) is 3.70. The number of ketones is 1. The van der Waals surface area contributed by atoms with Gasteiger partial charge >= 0.3 is 0 Å². The lowest BCUT2D eigenvalue weighted by atomic mass is 10.1. The van der Waals surface area contributed by atoms with Gasteiger partial charge in [0.1, 0.15) is 5.75 Å². The highest BCUT2D eigenvalue weighted by molar-refractivity contribution is 5.86. The SMILES string of the molecule is Cc1cccc(OC2CCNCC2=O)c1C.Cl.O. The molecule has 1 aromatic carbocycles. The summed E-state index contributed by atoms with van der Waals surface area (Å²) in [6.07, 6.45) is 0.480. The summed E-state index contributed by atoms with van der Waals surface area (Å²) in [6.45, 7) is 5.35. The Morgan fingerprint density at radius 3 is 2.72 bits per heavy atom. The maximum atomic E-state index is 11.6. The van der Waals surface area contributed by atoms with Crippen LogP contribution in [-0.2, 0) is 4.79 Å². The Balaban J connectivity index is 0.00000144.